The van der Waals surface area contributed by atoms with Gasteiger partial charge in [-0.1, -0.05) is 20.3 Å². The van der Waals surface area contributed by atoms with Crippen molar-refractivity contribution in [3.05, 3.63) is 0 Å². The van der Waals surface area contributed by atoms with Gasteiger partial charge in [-0.15, -0.1) is 0 Å². The molecule has 3 heteroatoms. The number of hydrogen-bond donors (Lipinski definition) is 1. The van der Waals surface area contributed by atoms with E-state index in [1.807, 2.05) is 0 Å². The minimum Gasteiger partial charge on any atom is -0.469 e. The highest BCUT2D eigenvalue weighted by Crippen LogP contribution is 2.58. The van der Waals surface area contributed by atoms with Gasteiger partial charge in [-0.05, 0) is 55.3 Å². The van der Waals surface area contributed by atoms with Gasteiger partial charge in [0.1, 0.15) is 0 Å². The van der Waals surface area contributed by atoms with E-state index >= 15 is 0 Å². The number of carbonyl (C=O) groups is 1. The molecule has 2 rings (SSSR count). The summed E-state index contributed by atoms with van der Waals surface area (Å²) in [5.74, 6) is 1.57. The van der Waals surface area contributed by atoms with Crippen molar-refractivity contribution < 1.29 is 14.6 Å². The molecule has 0 amide bonds. The lowest BCUT2D eigenvalue weighted by Gasteiger charge is -2.45. The van der Waals surface area contributed by atoms with Crippen LogP contribution < -0.4 is 0 Å². The molecule has 0 aromatic heterocycles. The fraction of sp³-hybridized carbons (Fsp3) is 0.938. The molecule has 0 aliphatic heterocycles. The second-order valence-electron chi connectivity index (χ2n) is 6.85. The third-order valence-electron chi connectivity index (χ3n) is 5.88. The van der Waals surface area contributed by atoms with Crippen LogP contribution >= 0.6 is 0 Å². The van der Waals surface area contributed by atoms with Crippen molar-refractivity contribution in [2.75, 3.05) is 7.11 Å². The van der Waals surface area contributed by atoms with Gasteiger partial charge in [0.05, 0.1) is 13.2 Å². The molecule has 0 aromatic rings. The fourth-order valence-corrected chi connectivity index (χ4v) is 4.77. The van der Waals surface area contributed by atoms with E-state index < -0.39 is 0 Å². The Morgan fingerprint density at radius 3 is 2.84 bits per heavy atom. The summed E-state index contributed by atoms with van der Waals surface area (Å²) in [6.45, 7) is 4.63. The first kappa shape index (κ1) is 14.8. The quantitative estimate of drug-likeness (QED) is 0.797. The Kier molecular flexibility index (Phi) is 4.54. The molecule has 1 N–H and O–H groups in total. The monoisotopic (exact) mass is 268 g/mol. The Morgan fingerprint density at radius 2 is 2.16 bits per heavy atom. The fourth-order valence-electron chi connectivity index (χ4n) is 4.77. The summed E-state index contributed by atoms with van der Waals surface area (Å²) in [5, 5.41) is 10.2. The average Bonchev–Trinajstić information content (AvgIpc) is 2.74. The number of methoxy groups -OCH3 is 1. The van der Waals surface area contributed by atoms with E-state index in [0.717, 1.165) is 25.7 Å². The molecule has 110 valence electrons. The van der Waals surface area contributed by atoms with Crippen LogP contribution in [0, 0.1) is 23.2 Å². The zero-order valence-corrected chi connectivity index (χ0v) is 12.5. The Bertz CT molecular complexity index is 328. The zero-order chi connectivity index (χ0) is 14.0. The Balaban J connectivity index is 1.98. The lowest BCUT2D eigenvalue weighted by molar-refractivity contribution is -0.141. The number of aliphatic hydroxyl groups is 1. The van der Waals surface area contributed by atoms with Crippen molar-refractivity contribution in [3.63, 3.8) is 0 Å². The van der Waals surface area contributed by atoms with E-state index in [1.54, 1.807) is 0 Å². The molecular weight excluding hydrogens is 240 g/mol. The van der Waals surface area contributed by atoms with Gasteiger partial charge >= 0.3 is 5.97 Å². The summed E-state index contributed by atoms with van der Waals surface area (Å²) in [6, 6.07) is 0. The number of rotatable bonds is 4. The number of fused-ring (bicyclic) bond motifs is 1. The number of aliphatic hydroxyl groups excluding tert-OH is 1. The van der Waals surface area contributed by atoms with Crippen LogP contribution in [0.1, 0.15) is 58.8 Å². The molecule has 2 aliphatic carbocycles. The highest BCUT2D eigenvalue weighted by molar-refractivity contribution is 5.69. The first-order chi connectivity index (χ1) is 8.99. The van der Waals surface area contributed by atoms with Crippen LogP contribution in [0.5, 0.6) is 0 Å². The van der Waals surface area contributed by atoms with E-state index in [2.05, 4.69) is 13.8 Å². The third-order valence-corrected chi connectivity index (χ3v) is 5.88. The SMILES string of the molecule is COC(=O)CC[C@@H](C)[C@H]1CCC2C(O)CCC[C@@]21C. The van der Waals surface area contributed by atoms with Crippen molar-refractivity contribution in [2.45, 2.75) is 64.9 Å². The van der Waals surface area contributed by atoms with Crippen LogP contribution in [0.15, 0.2) is 0 Å². The largest absolute Gasteiger partial charge is 0.469 e. The van der Waals surface area contributed by atoms with Crippen molar-refractivity contribution in [1.82, 2.24) is 0 Å². The molecule has 5 atom stereocenters. The van der Waals surface area contributed by atoms with Crippen LogP contribution in [0.2, 0.25) is 0 Å². The van der Waals surface area contributed by atoms with Crippen LogP contribution in [0.3, 0.4) is 0 Å². The van der Waals surface area contributed by atoms with E-state index in [9.17, 15) is 9.90 Å². The summed E-state index contributed by atoms with van der Waals surface area (Å²) in [5.41, 5.74) is 0.285. The molecule has 2 fully saturated rings. The van der Waals surface area contributed by atoms with E-state index in [1.165, 1.54) is 20.0 Å². The molecule has 0 heterocycles. The minimum absolute atomic E-state index is 0.100. The molecule has 0 radical (unpaired) electrons. The summed E-state index contributed by atoms with van der Waals surface area (Å²) >= 11 is 0. The molecule has 2 aliphatic rings. The summed E-state index contributed by atoms with van der Waals surface area (Å²) in [6.07, 6.45) is 7.06. The van der Waals surface area contributed by atoms with Gasteiger partial charge in [0.25, 0.3) is 0 Å². The van der Waals surface area contributed by atoms with Gasteiger partial charge in [0.15, 0.2) is 0 Å². The number of hydrogen-bond acceptors (Lipinski definition) is 3. The smallest absolute Gasteiger partial charge is 0.305 e. The molecule has 0 aromatic carbocycles. The molecule has 0 spiro atoms. The van der Waals surface area contributed by atoms with Gasteiger partial charge in [-0.25, -0.2) is 0 Å². The van der Waals surface area contributed by atoms with Crippen molar-refractivity contribution >= 4 is 5.97 Å². The van der Waals surface area contributed by atoms with Gasteiger partial charge < -0.3 is 9.84 Å². The molecule has 19 heavy (non-hydrogen) atoms. The standard InChI is InChI=1S/C16H28O3/c1-11(6-9-15(18)19-3)12-7-8-13-14(17)5-4-10-16(12,13)2/h11-14,17H,4-10H2,1-3H3/t11-,12-,13?,14?,16-/m1/s1. The number of ether oxygens (including phenoxy) is 1. The Morgan fingerprint density at radius 1 is 1.42 bits per heavy atom. The first-order valence-corrected chi connectivity index (χ1v) is 7.74. The average molecular weight is 268 g/mol. The molecule has 2 unspecified atom stereocenters. The predicted octanol–water partition coefficient (Wildman–Crippen LogP) is 3.15. The third kappa shape index (κ3) is 2.81. The van der Waals surface area contributed by atoms with Crippen molar-refractivity contribution in [3.8, 4) is 0 Å². The maximum Gasteiger partial charge on any atom is 0.305 e. The Hall–Kier alpha value is -0.570. The van der Waals surface area contributed by atoms with Gasteiger partial charge in [-0.3, -0.25) is 4.79 Å². The van der Waals surface area contributed by atoms with Gasteiger partial charge in [0.2, 0.25) is 0 Å². The topological polar surface area (TPSA) is 46.5 Å². The second kappa shape index (κ2) is 5.82. The normalized spacial score (nSPS) is 39.7. The molecule has 0 saturated heterocycles. The molecule has 3 nitrogen and oxygen atoms in total. The zero-order valence-electron chi connectivity index (χ0n) is 12.5. The van der Waals surface area contributed by atoms with E-state index in [4.69, 9.17) is 4.74 Å². The summed E-state index contributed by atoms with van der Waals surface area (Å²) in [4.78, 5) is 11.3. The first-order valence-electron chi connectivity index (χ1n) is 7.74. The summed E-state index contributed by atoms with van der Waals surface area (Å²) in [7, 11) is 1.46. The highest BCUT2D eigenvalue weighted by atomic mass is 16.5. The van der Waals surface area contributed by atoms with Gasteiger partial charge in [0, 0.05) is 6.42 Å². The highest BCUT2D eigenvalue weighted by Gasteiger charge is 2.52. The number of carbonyl (C=O) groups excluding carboxylic acids is 1. The maximum atomic E-state index is 11.3. The van der Waals surface area contributed by atoms with Crippen LogP contribution in [-0.2, 0) is 9.53 Å². The van der Waals surface area contributed by atoms with Crippen molar-refractivity contribution in [2.24, 2.45) is 23.2 Å². The van der Waals surface area contributed by atoms with E-state index in [-0.39, 0.29) is 17.5 Å². The molecule has 0 bridgehead atoms. The van der Waals surface area contributed by atoms with Gasteiger partial charge in [-0.2, -0.15) is 0 Å². The lowest BCUT2D eigenvalue weighted by Crippen LogP contribution is -2.41. The predicted molar refractivity (Wildman–Crippen MR) is 74.6 cm³/mol. The van der Waals surface area contributed by atoms with Crippen LogP contribution in [0.25, 0.3) is 0 Å². The van der Waals surface area contributed by atoms with E-state index in [0.29, 0.717) is 24.2 Å². The minimum atomic E-state index is -0.102. The summed E-state index contributed by atoms with van der Waals surface area (Å²) < 4.78 is 4.73. The van der Waals surface area contributed by atoms with Crippen LogP contribution in [-0.4, -0.2) is 24.3 Å². The number of esters is 1. The van der Waals surface area contributed by atoms with Crippen molar-refractivity contribution in [1.29, 1.82) is 0 Å². The maximum absolute atomic E-state index is 11.3. The second-order valence-corrected chi connectivity index (χ2v) is 6.85. The van der Waals surface area contributed by atoms with Crippen LogP contribution in [0.4, 0.5) is 0 Å². The Labute approximate surface area is 116 Å². The molecular formula is C16H28O3. The lowest BCUT2D eigenvalue weighted by atomic mass is 9.61. The molecule has 2 saturated carbocycles.